The second-order valence-corrected chi connectivity index (χ2v) is 9.47. The van der Waals surface area contributed by atoms with Gasteiger partial charge in [0, 0.05) is 28.5 Å². The van der Waals surface area contributed by atoms with Crippen molar-refractivity contribution in [3.05, 3.63) is 102 Å². The maximum absolute atomic E-state index is 13.3. The number of H-pyrrole nitrogens is 1. The Hall–Kier alpha value is -3.23. The monoisotopic (exact) mass is 497 g/mol. The quantitative estimate of drug-likeness (QED) is 0.236. The molecule has 1 heterocycles. The fraction of sp³-hybridized carbons (Fsp3) is 0.222. The van der Waals surface area contributed by atoms with E-state index in [9.17, 15) is 18.0 Å². The molecule has 3 aromatic carbocycles. The summed E-state index contributed by atoms with van der Waals surface area (Å²) in [4.78, 5) is 16.7. The van der Waals surface area contributed by atoms with Gasteiger partial charge in [-0.3, -0.25) is 4.79 Å². The average molecular weight is 498 g/mol. The van der Waals surface area contributed by atoms with Crippen molar-refractivity contribution in [2.45, 2.75) is 42.4 Å². The van der Waals surface area contributed by atoms with Crippen molar-refractivity contribution in [1.82, 2.24) is 15.6 Å². The summed E-state index contributed by atoms with van der Waals surface area (Å²) in [5.41, 5.74) is -0.717. The molecule has 1 unspecified atom stereocenters. The van der Waals surface area contributed by atoms with E-state index in [0.717, 1.165) is 22.0 Å². The lowest BCUT2D eigenvalue weighted by Crippen LogP contribution is -2.46. The van der Waals surface area contributed by atoms with Gasteiger partial charge in [-0.1, -0.05) is 60.7 Å². The topological polar surface area (TPSA) is 56.9 Å². The van der Waals surface area contributed by atoms with E-state index in [1.165, 1.54) is 12.1 Å². The van der Waals surface area contributed by atoms with Crippen molar-refractivity contribution in [3.8, 4) is 0 Å². The molecular weight excluding hydrogens is 471 g/mol. The normalized spacial score (nSPS) is 13.5. The Morgan fingerprint density at radius 2 is 1.74 bits per heavy atom. The number of hydrogen-bond acceptors (Lipinski definition) is 3. The molecule has 1 amide bonds. The summed E-state index contributed by atoms with van der Waals surface area (Å²) in [5.74, 6) is -0.174. The Morgan fingerprint density at radius 3 is 2.51 bits per heavy atom. The summed E-state index contributed by atoms with van der Waals surface area (Å²) >= 11 is -0.145. The first-order valence-electron chi connectivity index (χ1n) is 11.3. The molecule has 0 saturated heterocycles. The Labute approximate surface area is 206 Å². The highest BCUT2D eigenvalue weighted by Gasteiger charge is 2.29. The van der Waals surface area contributed by atoms with Crippen LogP contribution in [0, 0.1) is 0 Å². The van der Waals surface area contributed by atoms with E-state index in [0.29, 0.717) is 12.0 Å². The molecule has 0 bridgehead atoms. The van der Waals surface area contributed by atoms with Crippen molar-refractivity contribution in [1.29, 1.82) is 0 Å². The highest BCUT2D eigenvalue weighted by atomic mass is 32.2. The molecule has 0 aliphatic carbocycles. The molecule has 3 N–H and O–H groups in total. The van der Waals surface area contributed by atoms with E-state index in [1.807, 2.05) is 67.7 Å². The van der Waals surface area contributed by atoms with Gasteiger partial charge in [-0.2, -0.15) is 13.2 Å². The molecule has 4 rings (SSSR count). The van der Waals surface area contributed by atoms with Gasteiger partial charge in [0.1, 0.15) is 0 Å². The number of carbonyl (C=O) groups is 1. The summed E-state index contributed by atoms with van der Waals surface area (Å²) in [7, 11) is 0. The van der Waals surface area contributed by atoms with Crippen molar-refractivity contribution in [2.24, 2.45) is 0 Å². The third-order valence-electron chi connectivity index (χ3n) is 5.76. The lowest BCUT2D eigenvalue weighted by molar-refractivity contribution is -0.123. The van der Waals surface area contributed by atoms with Crippen LogP contribution in [0.15, 0.2) is 90.0 Å². The molecule has 0 radical (unpaired) electrons. The van der Waals surface area contributed by atoms with Crippen LogP contribution in [0.2, 0.25) is 0 Å². The summed E-state index contributed by atoms with van der Waals surface area (Å²) in [5, 5.41) is 7.37. The number of aromatic amines is 1. The highest BCUT2D eigenvalue weighted by molar-refractivity contribution is 8.00. The third-order valence-corrected chi connectivity index (χ3v) is 6.48. The lowest BCUT2D eigenvalue weighted by atomic mass is 10.0. The predicted octanol–water partition coefficient (Wildman–Crippen LogP) is 6.36. The second kappa shape index (κ2) is 11.0. The average Bonchev–Trinajstić information content (AvgIpc) is 3.24. The van der Waals surface area contributed by atoms with E-state index in [4.69, 9.17) is 0 Å². The molecule has 2 atom stereocenters. The molecule has 0 aliphatic rings. The number of carbonyl (C=O) groups excluding carboxylic acids is 1. The molecule has 1 aromatic heterocycles. The Kier molecular flexibility index (Phi) is 7.83. The first-order valence-corrected chi connectivity index (χ1v) is 12.1. The molecule has 4 aromatic rings. The van der Waals surface area contributed by atoms with Gasteiger partial charge in [-0.05, 0) is 60.0 Å². The summed E-state index contributed by atoms with van der Waals surface area (Å²) in [6.07, 6.45) is 2.32. The second-order valence-electron chi connectivity index (χ2n) is 8.33. The van der Waals surface area contributed by atoms with Crippen molar-refractivity contribution >= 4 is 28.6 Å². The number of rotatable bonds is 9. The summed E-state index contributed by atoms with van der Waals surface area (Å²) in [6, 6.07) is 23.0. The van der Waals surface area contributed by atoms with E-state index in [2.05, 4.69) is 15.6 Å². The van der Waals surface area contributed by atoms with Gasteiger partial charge in [-0.25, -0.2) is 0 Å². The molecule has 182 valence electrons. The predicted molar refractivity (Wildman–Crippen MR) is 134 cm³/mol. The van der Waals surface area contributed by atoms with Gasteiger partial charge in [0.2, 0.25) is 5.91 Å². The van der Waals surface area contributed by atoms with E-state index < -0.39 is 11.6 Å². The molecule has 0 spiro atoms. The minimum Gasteiger partial charge on any atom is -0.361 e. The largest absolute Gasteiger partial charge is 0.446 e. The van der Waals surface area contributed by atoms with Gasteiger partial charge in [0.05, 0.1) is 12.1 Å². The number of fused-ring (bicyclic) bond motifs is 1. The Morgan fingerprint density at radius 1 is 1.00 bits per heavy atom. The number of aromatic nitrogens is 1. The van der Waals surface area contributed by atoms with Crippen LogP contribution in [0.25, 0.3) is 10.9 Å². The minimum absolute atomic E-state index is 0.118. The maximum atomic E-state index is 13.3. The molecule has 8 heteroatoms. The third kappa shape index (κ3) is 6.90. The van der Waals surface area contributed by atoms with Gasteiger partial charge in [-0.15, -0.1) is 0 Å². The Balaban J connectivity index is 1.52. The fourth-order valence-electron chi connectivity index (χ4n) is 4.01. The van der Waals surface area contributed by atoms with Crippen LogP contribution in [-0.4, -0.2) is 22.4 Å². The molecule has 0 saturated carbocycles. The standard InChI is InChI=1S/C27H26F3N3OS/c1-18(20-9-3-2-4-10-20)33-26(34)25(15-21-17-32-24-13-6-5-12-23(21)24)31-16-19-8-7-11-22(14-19)35-27(28,29)30/h2-14,17-18,25,31-32H,15-16H2,1H3,(H,33,34)/t18-,25?/m0/s1. The molecule has 4 nitrogen and oxygen atoms in total. The van der Waals surface area contributed by atoms with Gasteiger partial charge in [0.15, 0.2) is 0 Å². The number of alkyl halides is 3. The van der Waals surface area contributed by atoms with Gasteiger partial charge >= 0.3 is 5.51 Å². The first kappa shape index (κ1) is 24.9. The highest BCUT2D eigenvalue weighted by Crippen LogP contribution is 2.37. The van der Waals surface area contributed by atoms with E-state index in [-0.39, 0.29) is 35.2 Å². The SMILES string of the molecule is C[C@H](NC(=O)C(Cc1c[nH]c2ccccc12)NCc1cccc(SC(F)(F)F)c1)c1ccccc1. The van der Waals surface area contributed by atoms with Crippen LogP contribution in [-0.2, 0) is 17.8 Å². The first-order chi connectivity index (χ1) is 16.8. The van der Waals surface area contributed by atoms with Crippen molar-refractivity contribution < 1.29 is 18.0 Å². The number of nitrogens with one attached hydrogen (secondary N) is 3. The van der Waals surface area contributed by atoms with Crippen LogP contribution in [0.5, 0.6) is 0 Å². The number of amides is 1. The number of halogens is 3. The van der Waals surface area contributed by atoms with Crippen molar-refractivity contribution in [3.63, 3.8) is 0 Å². The summed E-state index contributed by atoms with van der Waals surface area (Å²) in [6.45, 7) is 2.18. The lowest BCUT2D eigenvalue weighted by Gasteiger charge is -2.22. The molecular formula is C27H26F3N3OS. The fourth-order valence-corrected chi connectivity index (χ4v) is 4.63. The zero-order chi connectivity index (χ0) is 24.8. The smallest absolute Gasteiger partial charge is 0.361 e. The maximum Gasteiger partial charge on any atom is 0.446 e. The minimum atomic E-state index is -4.35. The Bertz CT molecular complexity index is 1270. The number of benzene rings is 3. The number of para-hydroxylation sites is 1. The van der Waals surface area contributed by atoms with E-state index >= 15 is 0 Å². The van der Waals surface area contributed by atoms with Crippen molar-refractivity contribution in [2.75, 3.05) is 0 Å². The van der Waals surface area contributed by atoms with Crippen LogP contribution in [0.1, 0.15) is 29.7 Å². The van der Waals surface area contributed by atoms with Crippen LogP contribution >= 0.6 is 11.8 Å². The number of thioether (sulfide) groups is 1. The number of hydrogen-bond donors (Lipinski definition) is 3. The van der Waals surface area contributed by atoms with Crippen LogP contribution in [0.4, 0.5) is 13.2 Å². The van der Waals surface area contributed by atoms with E-state index in [1.54, 1.807) is 12.1 Å². The van der Waals surface area contributed by atoms with Crippen LogP contribution < -0.4 is 10.6 Å². The zero-order valence-corrected chi connectivity index (χ0v) is 19.9. The van der Waals surface area contributed by atoms with Gasteiger partial charge < -0.3 is 15.6 Å². The molecule has 0 fully saturated rings. The molecule has 35 heavy (non-hydrogen) atoms. The summed E-state index contributed by atoms with van der Waals surface area (Å²) < 4.78 is 38.4. The van der Waals surface area contributed by atoms with Crippen LogP contribution in [0.3, 0.4) is 0 Å². The zero-order valence-electron chi connectivity index (χ0n) is 19.1. The molecule has 0 aliphatic heterocycles. The van der Waals surface area contributed by atoms with Gasteiger partial charge in [0.25, 0.3) is 0 Å².